The lowest BCUT2D eigenvalue weighted by molar-refractivity contribution is 0.167. The van der Waals surface area contributed by atoms with E-state index in [9.17, 15) is 0 Å². The molecule has 1 aliphatic heterocycles. The van der Waals surface area contributed by atoms with Crippen molar-refractivity contribution in [3.05, 3.63) is 6.20 Å². The molecule has 0 aromatic carbocycles. The normalized spacial score (nSPS) is 16.7. The largest absolute Gasteiger partial charge is 0.383 e. The quantitative estimate of drug-likeness (QED) is 0.880. The Hall–Kier alpha value is -1.89. The van der Waals surface area contributed by atoms with Crippen LogP contribution < -0.4 is 11.1 Å². The van der Waals surface area contributed by atoms with Crippen LogP contribution in [0, 0.1) is 0 Å². The van der Waals surface area contributed by atoms with Gasteiger partial charge in [0, 0.05) is 19.1 Å². The second kappa shape index (κ2) is 5.14. The Morgan fingerprint density at radius 3 is 2.71 bits per heavy atom. The SMILES string of the molecule is Cn1ncc2c(N)nc(NCC(C)(C)N3CCCC3)nc21. The van der Waals surface area contributed by atoms with E-state index in [1.807, 2.05) is 7.05 Å². The number of nitrogens with two attached hydrogens (primary N) is 1. The highest BCUT2D eigenvalue weighted by atomic mass is 15.3. The molecule has 114 valence electrons. The molecule has 0 spiro atoms. The summed E-state index contributed by atoms with van der Waals surface area (Å²) in [5, 5.41) is 8.29. The van der Waals surface area contributed by atoms with E-state index in [0.29, 0.717) is 11.8 Å². The Morgan fingerprint density at radius 2 is 2.00 bits per heavy atom. The minimum Gasteiger partial charge on any atom is -0.383 e. The smallest absolute Gasteiger partial charge is 0.226 e. The lowest BCUT2D eigenvalue weighted by Crippen LogP contribution is -2.47. The highest BCUT2D eigenvalue weighted by Gasteiger charge is 2.29. The minimum absolute atomic E-state index is 0.0794. The number of likely N-dealkylation sites (tertiary alicyclic amines) is 1. The highest BCUT2D eigenvalue weighted by Crippen LogP contribution is 2.22. The average Bonchev–Trinajstić information content (AvgIpc) is 3.08. The van der Waals surface area contributed by atoms with Crippen LogP contribution in [0.3, 0.4) is 0 Å². The number of aromatic nitrogens is 4. The van der Waals surface area contributed by atoms with Crippen molar-refractivity contribution in [2.45, 2.75) is 32.2 Å². The zero-order chi connectivity index (χ0) is 15.0. The Labute approximate surface area is 124 Å². The summed E-state index contributed by atoms with van der Waals surface area (Å²) in [4.78, 5) is 11.3. The Balaban J connectivity index is 1.77. The summed E-state index contributed by atoms with van der Waals surface area (Å²) in [7, 11) is 1.85. The molecule has 0 saturated carbocycles. The molecule has 0 amide bonds. The van der Waals surface area contributed by atoms with Gasteiger partial charge >= 0.3 is 0 Å². The molecular weight excluding hydrogens is 266 g/mol. The maximum Gasteiger partial charge on any atom is 0.226 e. The van der Waals surface area contributed by atoms with E-state index in [2.05, 4.69) is 39.1 Å². The van der Waals surface area contributed by atoms with Gasteiger partial charge < -0.3 is 11.1 Å². The van der Waals surface area contributed by atoms with Crippen molar-refractivity contribution in [2.75, 3.05) is 30.7 Å². The van der Waals surface area contributed by atoms with Crippen molar-refractivity contribution in [1.29, 1.82) is 0 Å². The molecule has 0 unspecified atom stereocenters. The third kappa shape index (κ3) is 2.65. The van der Waals surface area contributed by atoms with Gasteiger partial charge in [0.1, 0.15) is 5.82 Å². The summed E-state index contributed by atoms with van der Waals surface area (Å²) in [6.45, 7) is 7.61. The standard InChI is InChI=1S/C14H23N7/c1-14(2,21-6-4-5-7-21)9-16-13-18-11(15)10-8-17-20(3)12(10)19-13/h8H,4-7,9H2,1-3H3,(H3,15,16,18,19). The molecule has 2 aromatic rings. The first-order valence-electron chi connectivity index (χ1n) is 7.41. The number of nitrogens with one attached hydrogen (secondary N) is 1. The summed E-state index contributed by atoms with van der Waals surface area (Å²) in [6, 6.07) is 0. The molecule has 2 aromatic heterocycles. The van der Waals surface area contributed by atoms with Crippen LogP contribution in [0.25, 0.3) is 11.0 Å². The predicted molar refractivity (Wildman–Crippen MR) is 84.1 cm³/mol. The lowest BCUT2D eigenvalue weighted by Gasteiger charge is -2.35. The number of nitrogens with zero attached hydrogens (tertiary/aromatic N) is 5. The summed E-state index contributed by atoms with van der Waals surface area (Å²) in [5.74, 6) is 1.03. The zero-order valence-electron chi connectivity index (χ0n) is 12.9. The van der Waals surface area contributed by atoms with Crippen LogP contribution in [0.4, 0.5) is 11.8 Å². The molecule has 3 N–H and O–H groups in total. The summed E-state index contributed by atoms with van der Waals surface area (Å²) >= 11 is 0. The second-order valence-electron chi connectivity index (χ2n) is 6.30. The third-order valence-electron chi connectivity index (χ3n) is 4.26. The maximum atomic E-state index is 5.98. The number of hydrogen-bond donors (Lipinski definition) is 2. The van der Waals surface area contributed by atoms with Crippen LogP contribution in [0.2, 0.25) is 0 Å². The maximum absolute atomic E-state index is 5.98. The number of hydrogen-bond acceptors (Lipinski definition) is 6. The Kier molecular flexibility index (Phi) is 3.44. The molecule has 1 saturated heterocycles. The molecule has 0 bridgehead atoms. The van der Waals surface area contributed by atoms with Crippen LogP contribution in [-0.4, -0.2) is 49.8 Å². The number of anilines is 2. The first kappa shape index (κ1) is 14.1. The van der Waals surface area contributed by atoms with E-state index in [1.54, 1.807) is 10.9 Å². The molecule has 21 heavy (non-hydrogen) atoms. The van der Waals surface area contributed by atoms with Gasteiger partial charge in [0.2, 0.25) is 5.95 Å². The number of rotatable bonds is 4. The Bertz CT molecular complexity index is 640. The van der Waals surface area contributed by atoms with Gasteiger partial charge in [-0.05, 0) is 39.8 Å². The summed E-state index contributed by atoms with van der Waals surface area (Å²) in [6.07, 6.45) is 4.27. The molecular formula is C14H23N7. The molecule has 1 fully saturated rings. The molecule has 7 heteroatoms. The van der Waals surface area contributed by atoms with E-state index < -0.39 is 0 Å². The number of nitrogen functional groups attached to an aromatic ring is 1. The molecule has 0 aliphatic carbocycles. The van der Waals surface area contributed by atoms with Crippen LogP contribution in [0.1, 0.15) is 26.7 Å². The topological polar surface area (TPSA) is 84.9 Å². The van der Waals surface area contributed by atoms with Crippen molar-refractivity contribution in [1.82, 2.24) is 24.6 Å². The van der Waals surface area contributed by atoms with E-state index in [1.165, 1.54) is 25.9 Å². The fourth-order valence-electron chi connectivity index (χ4n) is 2.85. The van der Waals surface area contributed by atoms with Gasteiger partial charge in [-0.2, -0.15) is 15.1 Å². The zero-order valence-corrected chi connectivity index (χ0v) is 12.9. The second-order valence-corrected chi connectivity index (χ2v) is 6.30. The minimum atomic E-state index is 0.0794. The van der Waals surface area contributed by atoms with E-state index >= 15 is 0 Å². The van der Waals surface area contributed by atoms with Gasteiger partial charge in [-0.25, -0.2) is 0 Å². The fraction of sp³-hybridized carbons (Fsp3) is 0.643. The van der Waals surface area contributed by atoms with Crippen molar-refractivity contribution >= 4 is 22.8 Å². The average molecular weight is 289 g/mol. The summed E-state index contributed by atoms with van der Waals surface area (Å²) in [5.41, 5.74) is 6.81. The van der Waals surface area contributed by atoms with E-state index in [-0.39, 0.29) is 5.54 Å². The fourth-order valence-corrected chi connectivity index (χ4v) is 2.85. The van der Waals surface area contributed by atoms with Gasteiger partial charge in [0.25, 0.3) is 0 Å². The van der Waals surface area contributed by atoms with Crippen molar-refractivity contribution < 1.29 is 0 Å². The monoisotopic (exact) mass is 289 g/mol. The van der Waals surface area contributed by atoms with Crippen LogP contribution in [0.15, 0.2) is 6.20 Å². The van der Waals surface area contributed by atoms with Gasteiger partial charge in [-0.15, -0.1) is 0 Å². The van der Waals surface area contributed by atoms with Gasteiger partial charge in [-0.1, -0.05) is 0 Å². The molecule has 7 nitrogen and oxygen atoms in total. The first-order valence-corrected chi connectivity index (χ1v) is 7.41. The van der Waals surface area contributed by atoms with Crippen LogP contribution >= 0.6 is 0 Å². The van der Waals surface area contributed by atoms with Gasteiger partial charge in [0.15, 0.2) is 5.65 Å². The molecule has 3 rings (SSSR count). The molecule has 0 radical (unpaired) electrons. The van der Waals surface area contributed by atoms with Crippen molar-refractivity contribution in [3.63, 3.8) is 0 Å². The molecule has 0 atom stereocenters. The van der Waals surface area contributed by atoms with Gasteiger partial charge in [-0.3, -0.25) is 9.58 Å². The van der Waals surface area contributed by atoms with Crippen LogP contribution in [-0.2, 0) is 7.05 Å². The third-order valence-corrected chi connectivity index (χ3v) is 4.26. The first-order chi connectivity index (χ1) is 9.97. The highest BCUT2D eigenvalue weighted by molar-refractivity contribution is 5.86. The molecule has 1 aliphatic rings. The molecule has 3 heterocycles. The predicted octanol–water partition coefficient (Wildman–Crippen LogP) is 1.23. The Morgan fingerprint density at radius 1 is 1.29 bits per heavy atom. The summed E-state index contributed by atoms with van der Waals surface area (Å²) < 4.78 is 1.71. The van der Waals surface area contributed by atoms with Crippen molar-refractivity contribution in [3.8, 4) is 0 Å². The van der Waals surface area contributed by atoms with Crippen molar-refractivity contribution in [2.24, 2.45) is 7.05 Å². The lowest BCUT2D eigenvalue weighted by atomic mass is 10.0. The van der Waals surface area contributed by atoms with E-state index in [0.717, 1.165) is 17.6 Å². The number of aryl methyl sites for hydroxylation is 1. The van der Waals surface area contributed by atoms with Gasteiger partial charge in [0.05, 0.1) is 11.6 Å². The van der Waals surface area contributed by atoms with Crippen LogP contribution in [0.5, 0.6) is 0 Å². The number of fused-ring (bicyclic) bond motifs is 1. The van der Waals surface area contributed by atoms with E-state index in [4.69, 9.17) is 5.73 Å².